The van der Waals surface area contributed by atoms with Gasteiger partial charge in [-0.05, 0) is 85.6 Å². The number of hydrogen-bond donors (Lipinski definition) is 1. The van der Waals surface area contributed by atoms with Gasteiger partial charge in [0.05, 0.1) is 0 Å². The highest BCUT2D eigenvalue weighted by Crippen LogP contribution is 2.32. The number of benzene rings is 2. The molecule has 0 bridgehead atoms. The molecule has 110 valence electrons. The number of rotatable bonds is 2. The molecule has 1 heterocycles. The quantitative estimate of drug-likeness (QED) is 0.851. The molecule has 0 spiro atoms. The molecular formula is C19H22FN. The van der Waals surface area contributed by atoms with Crippen molar-refractivity contribution in [1.82, 2.24) is 5.32 Å². The lowest BCUT2D eigenvalue weighted by Gasteiger charge is -2.23. The van der Waals surface area contributed by atoms with Crippen molar-refractivity contribution in [2.45, 2.75) is 32.6 Å². The van der Waals surface area contributed by atoms with Crippen LogP contribution >= 0.6 is 0 Å². The van der Waals surface area contributed by atoms with Gasteiger partial charge in [0.25, 0.3) is 0 Å². The van der Waals surface area contributed by atoms with E-state index in [-0.39, 0.29) is 5.82 Å². The first-order valence-electron chi connectivity index (χ1n) is 7.73. The van der Waals surface area contributed by atoms with Crippen molar-refractivity contribution in [3.63, 3.8) is 0 Å². The van der Waals surface area contributed by atoms with Gasteiger partial charge in [-0.1, -0.05) is 24.3 Å². The summed E-state index contributed by atoms with van der Waals surface area (Å²) in [5.41, 5.74) is 5.78. The second-order valence-electron chi connectivity index (χ2n) is 6.04. The molecular weight excluding hydrogens is 261 g/mol. The Kier molecular flexibility index (Phi) is 4.07. The van der Waals surface area contributed by atoms with E-state index in [2.05, 4.69) is 37.4 Å². The Bertz CT molecular complexity index is 642. The first-order valence-corrected chi connectivity index (χ1v) is 7.73. The van der Waals surface area contributed by atoms with Crippen LogP contribution in [0.4, 0.5) is 4.39 Å². The lowest BCUT2D eigenvalue weighted by atomic mass is 9.87. The van der Waals surface area contributed by atoms with Crippen molar-refractivity contribution < 1.29 is 4.39 Å². The van der Waals surface area contributed by atoms with E-state index in [9.17, 15) is 4.39 Å². The second-order valence-corrected chi connectivity index (χ2v) is 6.04. The number of piperidine rings is 1. The highest BCUT2D eigenvalue weighted by atomic mass is 19.1. The van der Waals surface area contributed by atoms with E-state index in [1.165, 1.54) is 11.1 Å². The number of aryl methyl sites for hydroxylation is 1. The topological polar surface area (TPSA) is 12.0 Å². The second kappa shape index (κ2) is 5.98. The summed E-state index contributed by atoms with van der Waals surface area (Å²) in [7, 11) is 0. The predicted molar refractivity (Wildman–Crippen MR) is 86.2 cm³/mol. The summed E-state index contributed by atoms with van der Waals surface area (Å²) in [5, 5.41) is 3.37. The largest absolute Gasteiger partial charge is 0.317 e. The van der Waals surface area contributed by atoms with E-state index < -0.39 is 0 Å². The molecule has 0 aliphatic carbocycles. The molecule has 2 aromatic carbocycles. The van der Waals surface area contributed by atoms with Crippen LogP contribution in [-0.4, -0.2) is 13.1 Å². The lowest BCUT2D eigenvalue weighted by Crippen LogP contribution is -2.26. The van der Waals surface area contributed by atoms with Crippen LogP contribution in [0.5, 0.6) is 0 Å². The molecule has 2 aromatic rings. The van der Waals surface area contributed by atoms with E-state index in [1.54, 1.807) is 12.1 Å². The summed E-state index contributed by atoms with van der Waals surface area (Å²) >= 11 is 0. The van der Waals surface area contributed by atoms with Crippen LogP contribution < -0.4 is 5.32 Å². The molecule has 2 heteroatoms. The molecule has 1 nitrogen and oxygen atoms in total. The van der Waals surface area contributed by atoms with Gasteiger partial charge in [0, 0.05) is 0 Å². The fourth-order valence-corrected chi connectivity index (χ4v) is 3.22. The molecule has 1 aliphatic rings. The maximum Gasteiger partial charge on any atom is 0.124 e. The molecule has 0 radical (unpaired) electrons. The SMILES string of the molecule is Cc1cccc(-c2cc(F)cc(C3CCNCC3)c2)c1C. The molecule has 1 fully saturated rings. The molecule has 0 unspecified atom stereocenters. The van der Waals surface area contributed by atoms with Crippen molar-refractivity contribution in [2.75, 3.05) is 13.1 Å². The Labute approximate surface area is 126 Å². The predicted octanol–water partition coefficient (Wildman–Crippen LogP) is 4.58. The summed E-state index contributed by atoms with van der Waals surface area (Å²) in [5.74, 6) is 0.354. The first kappa shape index (κ1) is 14.3. The average Bonchev–Trinajstić information content (AvgIpc) is 2.50. The van der Waals surface area contributed by atoms with Crippen LogP contribution in [0.15, 0.2) is 36.4 Å². The number of hydrogen-bond acceptors (Lipinski definition) is 1. The van der Waals surface area contributed by atoms with Crippen LogP contribution in [-0.2, 0) is 0 Å². The summed E-state index contributed by atoms with van der Waals surface area (Å²) < 4.78 is 14.1. The first-order chi connectivity index (χ1) is 10.1. The van der Waals surface area contributed by atoms with Crippen LogP contribution in [0.3, 0.4) is 0 Å². The highest BCUT2D eigenvalue weighted by Gasteiger charge is 2.17. The maximum atomic E-state index is 14.1. The Balaban J connectivity index is 2.03. The zero-order chi connectivity index (χ0) is 14.8. The third kappa shape index (κ3) is 3.01. The molecule has 21 heavy (non-hydrogen) atoms. The van der Waals surface area contributed by atoms with E-state index in [1.807, 2.05) is 6.07 Å². The zero-order valence-electron chi connectivity index (χ0n) is 12.7. The minimum absolute atomic E-state index is 0.123. The summed E-state index contributed by atoms with van der Waals surface area (Å²) in [4.78, 5) is 0. The zero-order valence-corrected chi connectivity index (χ0v) is 12.7. The smallest absolute Gasteiger partial charge is 0.124 e. The molecule has 1 saturated heterocycles. The minimum atomic E-state index is -0.123. The van der Waals surface area contributed by atoms with Crippen LogP contribution in [0.2, 0.25) is 0 Å². The molecule has 0 atom stereocenters. The molecule has 0 amide bonds. The van der Waals surface area contributed by atoms with Crippen LogP contribution in [0.25, 0.3) is 11.1 Å². The fraction of sp³-hybridized carbons (Fsp3) is 0.368. The van der Waals surface area contributed by atoms with Crippen LogP contribution in [0.1, 0.15) is 35.4 Å². The molecule has 1 N–H and O–H groups in total. The monoisotopic (exact) mass is 283 g/mol. The molecule has 0 aromatic heterocycles. The van der Waals surface area contributed by atoms with Crippen molar-refractivity contribution in [2.24, 2.45) is 0 Å². The normalized spacial score (nSPS) is 16.1. The van der Waals surface area contributed by atoms with Gasteiger partial charge in [-0.15, -0.1) is 0 Å². The van der Waals surface area contributed by atoms with Crippen molar-refractivity contribution >= 4 is 0 Å². The van der Waals surface area contributed by atoms with Crippen molar-refractivity contribution in [3.05, 3.63) is 58.9 Å². The van der Waals surface area contributed by atoms with Gasteiger partial charge in [0.15, 0.2) is 0 Å². The van der Waals surface area contributed by atoms with Gasteiger partial charge in [-0.25, -0.2) is 4.39 Å². The third-order valence-electron chi connectivity index (χ3n) is 4.65. The van der Waals surface area contributed by atoms with Gasteiger partial charge in [-0.2, -0.15) is 0 Å². The fourth-order valence-electron chi connectivity index (χ4n) is 3.22. The van der Waals surface area contributed by atoms with Gasteiger partial charge in [-0.3, -0.25) is 0 Å². The Morgan fingerprint density at radius 1 is 1.05 bits per heavy atom. The third-order valence-corrected chi connectivity index (χ3v) is 4.65. The standard InChI is InChI=1S/C19H22FN/c1-13-4-3-5-19(14(13)2)17-10-16(11-18(20)12-17)15-6-8-21-9-7-15/h3-5,10-12,15,21H,6-9H2,1-2H3. The number of halogens is 1. The Morgan fingerprint density at radius 2 is 1.81 bits per heavy atom. The van der Waals surface area contributed by atoms with Gasteiger partial charge in [0.1, 0.15) is 5.82 Å². The van der Waals surface area contributed by atoms with Crippen molar-refractivity contribution in [3.8, 4) is 11.1 Å². The number of nitrogens with one attached hydrogen (secondary N) is 1. The summed E-state index contributed by atoms with van der Waals surface area (Å²) in [6, 6.07) is 11.8. The Morgan fingerprint density at radius 3 is 2.57 bits per heavy atom. The average molecular weight is 283 g/mol. The van der Waals surface area contributed by atoms with Gasteiger partial charge in [0.2, 0.25) is 0 Å². The van der Waals surface area contributed by atoms with Gasteiger partial charge < -0.3 is 5.32 Å². The summed E-state index contributed by atoms with van der Waals surface area (Å²) in [6.07, 6.45) is 2.19. The lowest BCUT2D eigenvalue weighted by molar-refractivity contribution is 0.458. The Hall–Kier alpha value is -1.67. The van der Waals surface area contributed by atoms with E-state index in [0.717, 1.165) is 42.6 Å². The highest BCUT2D eigenvalue weighted by molar-refractivity contribution is 5.69. The minimum Gasteiger partial charge on any atom is -0.317 e. The van der Waals surface area contributed by atoms with Crippen LogP contribution in [0, 0.1) is 19.7 Å². The van der Waals surface area contributed by atoms with E-state index in [4.69, 9.17) is 0 Å². The van der Waals surface area contributed by atoms with E-state index in [0.29, 0.717) is 5.92 Å². The molecule has 3 rings (SSSR count). The van der Waals surface area contributed by atoms with E-state index >= 15 is 0 Å². The van der Waals surface area contributed by atoms with Crippen molar-refractivity contribution in [1.29, 1.82) is 0 Å². The maximum absolute atomic E-state index is 14.1. The summed E-state index contributed by atoms with van der Waals surface area (Å²) in [6.45, 7) is 6.27. The molecule has 1 aliphatic heterocycles. The molecule has 0 saturated carbocycles. The van der Waals surface area contributed by atoms with Gasteiger partial charge >= 0.3 is 0 Å².